The molecule has 0 bridgehead atoms. The Bertz CT molecular complexity index is 972. The molecule has 0 aliphatic rings. The number of nitrogens with zero attached hydrogens (tertiary/aromatic N) is 2. The lowest BCUT2D eigenvalue weighted by atomic mass is 10.1. The lowest BCUT2D eigenvalue weighted by molar-refractivity contribution is 0.369. The minimum Gasteiger partial charge on any atom is -0.480 e. The molecule has 3 aromatic rings. The van der Waals surface area contributed by atoms with Gasteiger partial charge in [0.25, 0.3) is 0 Å². The van der Waals surface area contributed by atoms with Crippen LogP contribution in [0.5, 0.6) is 5.75 Å². The summed E-state index contributed by atoms with van der Waals surface area (Å²) < 4.78 is 6.42. The van der Waals surface area contributed by atoms with E-state index in [1.165, 1.54) is 0 Å². The third kappa shape index (κ3) is 3.32. The molecule has 0 unspecified atom stereocenters. The highest BCUT2D eigenvalue weighted by atomic mass is 79.9. The molecular formula is C19H12BrN3O. The van der Waals surface area contributed by atoms with E-state index in [0.717, 1.165) is 21.1 Å². The zero-order valence-corrected chi connectivity index (χ0v) is 14.2. The summed E-state index contributed by atoms with van der Waals surface area (Å²) in [7, 11) is 0. The molecule has 0 aliphatic heterocycles. The van der Waals surface area contributed by atoms with E-state index in [1.54, 1.807) is 12.1 Å². The molecule has 116 valence electrons. The van der Waals surface area contributed by atoms with Crippen LogP contribution in [0.4, 0.5) is 0 Å². The van der Waals surface area contributed by atoms with Crippen molar-refractivity contribution in [1.82, 2.24) is 9.97 Å². The van der Waals surface area contributed by atoms with Crippen LogP contribution in [0.3, 0.4) is 0 Å². The summed E-state index contributed by atoms with van der Waals surface area (Å²) in [6.45, 7) is 0.162. The van der Waals surface area contributed by atoms with Crippen LogP contribution in [0, 0.1) is 23.7 Å². The average molecular weight is 378 g/mol. The van der Waals surface area contributed by atoms with Crippen LogP contribution in [0.15, 0.2) is 46.9 Å². The normalized spacial score (nSPS) is 11.0. The first-order valence-corrected chi connectivity index (χ1v) is 7.93. The molecular weight excluding hydrogens is 366 g/mol. The van der Waals surface area contributed by atoms with Crippen LogP contribution in [-0.2, 0) is 0 Å². The Kier molecular flexibility index (Phi) is 4.65. The number of ether oxygens (including phenoxy) is 1. The summed E-state index contributed by atoms with van der Waals surface area (Å²) in [4.78, 5) is 7.62. The monoisotopic (exact) mass is 377 g/mol. The molecule has 0 saturated heterocycles. The van der Waals surface area contributed by atoms with Crippen molar-refractivity contribution in [2.45, 2.75) is 0 Å². The minimum absolute atomic E-state index is 0.162. The standard InChI is InChI=1S/C19H12BrN3O/c1-2-9-24-18-8-7-15(20)11-13(18)10-14(12-21)19-22-16-5-3-4-6-17(16)23-19/h1,3-8,10-11H,9H2,(H,22,23)/b14-10-. The zero-order valence-electron chi connectivity index (χ0n) is 12.6. The second kappa shape index (κ2) is 7.04. The number of allylic oxidation sites excluding steroid dienone is 1. The number of aromatic nitrogens is 2. The Morgan fingerprint density at radius 1 is 1.33 bits per heavy atom. The van der Waals surface area contributed by atoms with E-state index in [-0.39, 0.29) is 6.61 Å². The predicted molar refractivity (Wildman–Crippen MR) is 98.0 cm³/mol. The Morgan fingerprint density at radius 3 is 2.92 bits per heavy atom. The number of H-pyrrole nitrogens is 1. The van der Waals surface area contributed by atoms with Gasteiger partial charge in [0.1, 0.15) is 24.3 Å². The first kappa shape index (κ1) is 15.9. The molecule has 1 aromatic heterocycles. The number of para-hydroxylation sites is 2. The van der Waals surface area contributed by atoms with Crippen molar-refractivity contribution < 1.29 is 4.74 Å². The third-order valence-corrected chi connectivity index (χ3v) is 3.84. The number of hydrogen-bond donors (Lipinski definition) is 1. The predicted octanol–water partition coefficient (Wildman–Crippen LogP) is 4.40. The summed E-state index contributed by atoms with van der Waals surface area (Å²) in [6, 6.07) is 15.4. The number of imidazole rings is 1. The molecule has 1 N–H and O–H groups in total. The second-order valence-corrected chi connectivity index (χ2v) is 5.86. The Hall–Kier alpha value is -3.02. The van der Waals surface area contributed by atoms with Crippen molar-refractivity contribution in [2.24, 2.45) is 0 Å². The van der Waals surface area contributed by atoms with Gasteiger partial charge < -0.3 is 9.72 Å². The maximum atomic E-state index is 9.54. The first-order chi connectivity index (χ1) is 11.7. The van der Waals surface area contributed by atoms with Gasteiger partial charge in [0.15, 0.2) is 0 Å². The highest BCUT2D eigenvalue weighted by molar-refractivity contribution is 9.10. The summed E-state index contributed by atoms with van der Waals surface area (Å²) >= 11 is 3.43. The zero-order chi connectivity index (χ0) is 16.9. The molecule has 0 radical (unpaired) electrons. The number of aromatic amines is 1. The largest absolute Gasteiger partial charge is 0.480 e. The molecule has 0 fully saturated rings. The molecule has 4 nitrogen and oxygen atoms in total. The van der Waals surface area contributed by atoms with Crippen LogP contribution in [-0.4, -0.2) is 16.6 Å². The summed E-state index contributed by atoms with van der Waals surface area (Å²) in [5.74, 6) is 3.56. The van der Waals surface area contributed by atoms with Crippen LogP contribution >= 0.6 is 15.9 Å². The van der Waals surface area contributed by atoms with Gasteiger partial charge >= 0.3 is 0 Å². The number of rotatable bonds is 4. The van der Waals surface area contributed by atoms with Crippen molar-refractivity contribution in [2.75, 3.05) is 6.61 Å². The van der Waals surface area contributed by atoms with Gasteiger partial charge in [0.05, 0.1) is 16.6 Å². The molecule has 2 aromatic carbocycles. The third-order valence-electron chi connectivity index (χ3n) is 3.35. The number of terminal acetylenes is 1. The van der Waals surface area contributed by atoms with Crippen LogP contribution in [0.25, 0.3) is 22.7 Å². The fraction of sp³-hybridized carbons (Fsp3) is 0.0526. The van der Waals surface area contributed by atoms with Gasteiger partial charge in [-0.05, 0) is 36.4 Å². The smallest absolute Gasteiger partial charge is 0.149 e. The van der Waals surface area contributed by atoms with Crippen LogP contribution in [0.1, 0.15) is 11.4 Å². The number of nitrogens with one attached hydrogen (secondary N) is 1. The number of hydrogen-bond acceptors (Lipinski definition) is 3. The molecule has 0 aliphatic carbocycles. The summed E-state index contributed by atoms with van der Waals surface area (Å²) in [5.41, 5.74) is 2.85. The highest BCUT2D eigenvalue weighted by Crippen LogP contribution is 2.27. The minimum atomic E-state index is 0.162. The molecule has 1 heterocycles. The van der Waals surface area contributed by atoms with E-state index >= 15 is 0 Å². The molecule has 0 amide bonds. The lowest BCUT2D eigenvalue weighted by Gasteiger charge is -2.07. The summed E-state index contributed by atoms with van der Waals surface area (Å²) in [6.07, 6.45) is 6.98. The fourth-order valence-corrected chi connectivity index (χ4v) is 2.65. The van der Waals surface area contributed by atoms with Crippen molar-refractivity contribution in [3.63, 3.8) is 0 Å². The van der Waals surface area contributed by atoms with Gasteiger partial charge in [-0.15, -0.1) is 6.42 Å². The van der Waals surface area contributed by atoms with E-state index in [0.29, 0.717) is 17.1 Å². The van der Waals surface area contributed by atoms with Crippen molar-refractivity contribution in [1.29, 1.82) is 5.26 Å². The molecule has 0 saturated carbocycles. The quantitative estimate of drug-likeness (QED) is 0.541. The first-order valence-electron chi connectivity index (χ1n) is 7.14. The Morgan fingerprint density at radius 2 is 2.17 bits per heavy atom. The van der Waals surface area contributed by atoms with Gasteiger partial charge in [-0.1, -0.05) is 34.0 Å². The summed E-state index contributed by atoms with van der Waals surface area (Å²) in [5, 5.41) is 9.54. The fourth-order valence-electron chi connectivity index (χ4n) is 2.27. The average Bonchev–Trinajstić information content (AvgIpc) is 3.02. The number of benzene rings is 2. The van der Waals surface area contributed by atoms with E-state index < -0.39 is 0 Å². The van der Waals surface area contributed by atoms with Crippen molar-refractivity contribution in [3.8, 4) is 24.2 Å². The molecule has 3 rings (SSSR count). The van der Waals surface area contributed by atoms with Crippen molar-refractivity contribution in [3.05, 3.63) is 58.3 Å². The second-order valence-electron chi connectivity index (χ2n) is 4.95. The van der Waals surface area contributed by atoms with Crippen LogP contribution in [0.2, 0.25) is 0 Å². The maximum absolute atomic E-state index is 9.54. The molecule has 0 atom stereocenters. The van der Waals surface area contributed by atoms with Gasteiger partial charge in [-0.3, -0.25) is 0 Å². The Balaban J connectivity index is 2.06. The van der Waals surface area contributed by atoms with Gasteiger partial charge in [-0.25, -0.2) is 4.98 Å². The molecule has 5 heteroatoms. The lowest BCUT2D eigenvalue weighted by Crippen LogP contribution is -1.96. The van der Waals surface area contributed by atoms with Gasteiger partial charge in [0, 0.05) is 10.0 Å². The Labute approximate surface area is 147 Å². The van der Waals surface area contributed by atoms with E-state index in [2.05, 4.69) is 37.9 Å². The van der Waals surface area contributed by atoms with E-state index in [1.807, 2.05) is 36.4 Å². The maximum Gasteiger partial charge on any atom is 0.149 e. The number of fused-ring (bicyclic) bond motifs is 1. The van der Waals surface area contributed by atoms with E-state index in [9.17, 15) is 5.26 Å². The topological polar surface area (TPSA) is 61.7 Å². The van der Waals surface area contributed by atoms with Crippen molar-refractivity contribution >= 4 is 38.6 Å². The van der Waals surface area contributed by atoms with Crippen LogP contribution < -0.4 is 4.74 Å². The molecule has 24 heavy (non-hydrogen) atoms. The van der Waals surface area contributed by atoms with E-state index in [4.69, 9.17) is 11.2 Å². The number of halogens is 1. The highest BCUT2D eigenvalue weighted by Gasteiger charge is 2.10. The SMILES string of the molecule is C#CCOc1ccc(Br)cc1/C=C(/C#N)c1nc2ccccc2[nH]1. The van der Waals surface area contributed by atoms with Gasteiger partial charge in [-0.2, -0.15) is 5.26 Å². The van der Waals surface area contributed by atoms with Gasteiger partial charge in [0.2, 0.25) is 0 Å². The molecule has 0 spiro atoms. The number of nitriles is 1.